The molecule has 0 aromatic heterocycles. The summed E-state index contributed by atoms with van der Waals surface area (Å²) in [7, 11) is 0. The van der Waals surface area contributed by atoms with Gasteiger partial charge in [0.15, 0.2) is 0 Å². The zero-order valence-corrected chi connectivity index (χ0v) is 11.1. The van der Waals surface area contributed by atoms with E-state index in [-0.39, 0.29) is 0 Å². The van der Waals surface area contributed by atoms with Crippen LogP contribution < -0.4 is 0 Å². The lowest BCUT2D eigenvalue weighted by Gasteiger charge is -2.13. The van der Waals surface area contributed by atoms with E-state index in [1.807, 2.05) is 25.1 Å². The number of hydrogen-bond donors (Lipinski definition) is 1. The fourth-order valence-corrected chi connectivity index (χ4v) is 2.94. The van der Waals surface area contributed by atoms with Crippen molar-refractivity contribution in [2.45, 2.75) is 33.0 Å². The molecule has 0 fully saturated rings. The Kier molecular flexibility index (Phi) is 2.79. The van der Waals surface area contributed by atoms with Gasteiger partial charge in [-0.25, -0.2) is 4.79 Å². The summed E-state index contributed by atoms with van der Waals surface area (Å²) in [5.41, 5.74) is 3.39. The van der Waals surface area contributed by atoms with Gasteiger partial charge in [0.05, 0.1) is 5.56 Å². The average molecular weight is 256 g/mol. The quantitative estimate of drug-likeness (QED) is 0.840. The number of hydrogen-bond acceptors (Lipinski definition) is 3. The molecular weight excluding hydrogens is 240 g/mol. The predicted molar refractivity (Wildman–Crippen MR) is 73.1 cm³/mol. The summed E-state index contributed by atoms with van der Waals surface area (Å²) in [4.78, 5) is 11.8. The highest BCUT2D eigenvalue weighted by Crippen LogP contribution is 2.37. The van der Waals surface area contributed by atoms with E-state index in [4.69, 9.17) is 4.74 Å². The van der Waals surface area contributed by atoms with Crippen LogP contribution in [0.4, 0.5) is 0 Å². The number of aliphatic hydroxyl groups is 1. The normalized spacial score (nSPS) is 17.6. The van der Waals surface area contributed by atoms with Gasteiger partial charge < -0.3 is 9.84 Å². The smallest absolute Gasteiger partial charge is 0.341 e. The zero-order chi connectivity index (χ0) is 13.6. The lowest BCUT2D eigenvalue weighted by atomic mass is 9.90. The largest absolute Gasteiger partial charge is 0.428 e. The van der Waals surface area contributed by atoms with E-state index < -0.39 is 12.3 Å². The summed E-state index contributed by atoms with van der Waals surface area (Å²) >= 11 is 0. The number of cyclic esters (lactones) is 1. The molecule has 1 N–H and O–H groups in total. The second-order valence-corrected chi connectivity index (χ2v) is 4.79. The Balaban J connectivity index is 2.44. The van der Waals surface area contributed by atoms with E-state index in [1.165, 1.54) is 5.56 Å². The first-order chi connectivity index (χ1) is 9.17. The fourth-order valence-electron chi connectivity index (χ4n) is 2.94. The van der Waals surface area contributed by atoms with E-state index in [0.717, 1.165) is 29.2 Å². The molecule has 1 unspecified atom stereocenters. The number of ether oxygens (including phenoxy) is 1. The second kappa shape index (κ2) is 4.35. The molecule has 1 heterocycles. The lowest BCUT2D eigenvalue weighted by molar-refractivity contribution is -0.0550. The Hall–Kier alpha value is -1.87. The molecule has 1 atom stereocenters. The summed E-state index contributed by atoms with van der Waals surface area (Å²) < 4.78 is 4.94. The highest BCUT2D eigenvalue weighted by molar-refractivity contribution is 6.02. The molecule has 0 bridgehead atoms. The third-order valence-corrected chi connectivity index (χ3v) is 3.85. The standard InChI is InChI=1S/C16H16O3/c1-3-9-6-5-7-11-10(4-2)14-13(8-12(9)11)15(17)19-16(14)18/h5-8,16,18H,3-4H2,1-2H3. The van der Waals surface area contributed by atoms with Gasteiger partial charge in [0.1, 0.15) is 0 Å². The van der Waals surface area contributed by atoms with Crippen LogP contribution in [0, 0.1) is 0 Å². The fraction of sp³-hybridized carbons (Fsp3) is 0.312. The molecule has 0 saturated carbocycles. The molecule has 2 aromatic carbocycles. The number of rotatable bonds is 2. The minimum atomic E-state index is -1.12. The van der Waals surface area contributed by atoms with Crippen LogP contribution in [0.15, 0.2) is 24.3 Å². The Bertz CT molecular complexity index is 673. The number of esters is 1. The van der Waals surface area contributed by atoms with Gasteiger partial charge in [-0.15, -0.1) is 0 Å². The van der Waals surface area contributed by atoms with Crippen molar-refractivity contribution in [3.8, 4) is 0 Å². The van der Waals surface area contributed by atoms with Crippen LogP contribution in [0.25, 0.3) is 10.8 Å². The van der Waals surface area contributed by atoms with Crippen LogP contribution in [0.2, 0.25) is 0 Å². The van der Waals surface area contributed by atoms with Crippen LogP contribution in [0.3, 0.4) is 0 Å². The van der Waals surface area contributed by atoms with E-state index in [0.29, 0.717) is 11.1 Å². The van der Waals surface area contributed by atoms with Crippen molar-refractivity contribution in [2.24, 2.45) is 0 Å². The molecule has 0 saturated heterocycles. The minimum absolute atomic E-state index is 0.426. The molecule has 0 radical (unpaired) electrons. The number of fused-ring (bicyclic) bond motifs is 2. The molecule has 3 heteroatoms. The van der Waals surface area contributed by atoms with Crippen LogP contribution in [0.5, 0.6) is 0 Å². The van der Waals surface area contributed by atoms with Gasteiger partial charge in [0.2, 0.25) is 6.29 Å². The third kappa shape index (κ3) is 1.65. The van der Waals surface area contributed by atoms with Gasteiger partial charge in [-0.1, -0.05) is 32.0 Å². The molecule has 0 spiro atoms. The Labute approximate surface area is 111 Å². The van der Waals surface area contributed by atoms with Crippen molar-refractivity contribution in [3.05, 3.63) is 46.5 Å². The Morgan fingerprint density at radius 2 is 2.00 bits per heavy atom. The van der Waals surface area contributed by atoms with Crippen LogP contribution >= 0.6 is 0 Å². The van der Waals surface area contributed by atoms with Crippen molar-refractivity contribution >= 4 is 16.7 Å². The van der Waals surface area contributed by atoms with Crippen molar-refractivity contribution in [1.82, 2.24) is 0 Å². The maximum atomic E-state index is 11.8. The van der Waals surface area contributed by atoms with Crippen molar-refractivity contribution in [3.63, 3.8) is 0 Å². The minimum Gasteiger partial charge on any atom is -0.428 e. The molecule has 0 amide bonds. The van der Waals surface area contributed by atoms with Gasteiger partial charge >= 0.3 is 5.97 Å². The number of carbonyl (C=O) groups is 1. The molecule has 1 aliphatic heterocycles. The topological polar surface area (TPSA) is 46.5 Å². The summed E-state index contributed by atoms with van der Waals surface area (Å²) in [6.07, 6.45) is 0.560. The number of aliphatic hydroxyl groups excluding tert-OH is 1. The molecule has 19 heavy (non-hydrogen) atoms. The number of benzene rings is 2. The van der Waals surface area contributed by atoms with Gasteiger partial charge in [-0.2, -0.15) is 0 Å². The summed E-state index contributed by atoms with van der Waals surface area (Å²) in [6, 6.07) is 8.01. The summed E-state index contributed by atoms with van der Waals surface area (Å²) in [5.74, 6) is -0.426. The van der Waals surface area contributed by atoms with E-state index in [2.05, 4.69) is 13.0 Å². The Morgan fingerprint density at radius 3 is 2.68 bits per heavy atom. The second-order valence-electron chi connectivity index (χ2n) is 4.79. The van der Waals surface area contributed by atoms with Crippen molar-refractivity contribution < 1.29 is 14.6 Å². The zero-order valence-electron chi connectivity index (χ0n) is 11.1. The van der Waals surface area contributed by atoms with Gasteiger partial charge in [-0.05, 0) is 40.8 Å². The van der Waals surface area contributed by atoms with Crippen molar-refractivity contribution in [1.29, 1.82) is 0 Å². The van der Waals surface area contributed by atoms with E-state index in [1.54, 1.807) is 0 Å². The maximum Gasteiger partial charge on any atom is 0.341 e. The van der Waals surface area contributed by atoms with Gasteiger partial charge in [0.25, 0.3) is 0 Å². The van der Waals surface area contributed by atoms with Gasteiger partial charge in [0, 0.05) is 5.56 Å². The van der Waals surface area contributed by atoms with Crippen LogP contribution in [0.1, 0.15) is 47.2 Å². The molecule has 1 aliphatic rings. The number of aryl methyl sites for hydroxylation is 2. The predicted octanol–water partition coefficient (Wildman–Crippen LogP) is 3.13. The summed E-state index contributed by atoms with van der Waals surface area (Å²) in [6.45, 7) is 4.13. The first-order valence-electron chi connectivity index (χ1n) is 6.63. The monoisotopic (exact) mass is 256 g/mol. The van der Waals surface area contributed by atoms with Crippen molar-refractivity contribution in [2.75, 3.05) is 0 Å². The number of carbonyl (C=O) groups excluding carboxylic acids is 1. The average Bonchev–Trinajstić information content (AvgIpc) is 2.71. The Morgan fingerprint density at radius 1 is 1.21 bits per heavy atom. The van der Waals surface area contributed by atoms with E-state index in [9.17, 15) is 9.90 Å². The molecule has 98 valence electrons. The molecule has 3 nitrogen and oxygen atoms in total. The molecule has 0 aliphatic carbocycles. The van der Waals surface area contributed by atoms with E-state index >= 15 is 0 Å². The van der Waals surface area contributed by atoms with Crippen LogP contribution in [-0.2, 0) is 17.6 Å². The summed E-state index contributed by atoms with van der Waals surface area (Å²) in [5, 5.41) is 12.1. The first kappa shape index (κ1) is 12.2. The highest BCUT2D eigenvalue weighted by atomic mass is 16.6. The lowest BCUT2D eigenvalue weighted by Crippen LogP contribution is -2.00. The third-order valence-electron chi connectivity index (χ3n) is 3.85. The molecular formula is C16H16O3. The van der Waals surface area contributed by atoms with Crippen LogP contribution in [-0.4, -0.2) is 11.1 Å². The SMILES string of the molecule is CCc1cccc2c(CC)c3c(cc12)C(=O)OC3O. The highest BCUT2D eigenvalue weighted by Gasteiger charge is 2.32. The maximum absolute atomic E-state index is 11.8. The molecule has 3 rings (SSSR count). The first-order valence-corrected chi connectivity index (χ1v) is 6.63. The molecule has 2 aromatic rings. The van der Waals surface area contributed by atoms with Gasteiger partial charge in [-0.3, -0.25) is 0 Å².